The summed E-state index contributed by atoms with van der Waals surface area (Å²) in [5.41, 5.74) is 3.17. The Bertz CT molecular complexity index is 524. The van der Waals surface area contributed by atoms with Gasteiger partial charge in [-0.15, -0.1) is 0 Å². The molecule has 122 valence electrons. The van der Waals surface area contributed by atoms with E-state index >= 15 is 0 Å². The van der Waals surface area contributed by atoms with Crippen LogP contribution in [0, 0.1) is 12.8 Å². The standard InChI is InChI=1S/C18H28N2O2/c1-12(2)15-7-5-6-13(3)18(15)19-17(22)11-20(4)10-16(21)14-8-9-14/h5-7,12,14,16,21H,8-11H2,1-4H3,(H,19,22). The third kappa shape index (κ3) is 4.55. The first kappa shape index (κ1) is 17.0. The van der Waals surface area contributed by atoms with Gasteiger partial charge in [-0.05, 0) is 49.8 Å². The van der Waals surface area contributed by atoms with Gasteiger partial charge in [-0.2, -0.15) is 0 Å². The fraction of sp³-hybridized carbons (Fsp3) is 0.611. The minimum Gasteiger partial charge on any atom is -0.392 e. The van der Waals surface area contributed by atoms with Crippen molar-refractivity contribution in [2.45, 2.75) is 45.6 Å². The molecular formula is C18H28N2O2. The molecule has 0 radical (unpaired) electrons. The average molecular weight is 304 g/mol. The van der Waals surface area contributed by atoms with E-state index in [0.717, 1.165) is 29.7 Å². The summed E-state index contributed by atoms with van der Waals surface area (Å²) in [6.45, 7) is 7.13. The molecule has 1 unspecified atom stereocenters. The molecule has 1 aromatic carbocycles. The van der Waals surface area contributed by atoms with Crippen LogP contribution in [0.1, 0.15) is 43.7 Å². The number of nitrogens with one attached hydrogen (secondary N) is 1. The van der Waals surface area contributed by atoms with Crippen molar-refractivity contribution in [3.05, 3.63) is 29.3 Å². The van der Waals surface area contributed by atoms with E-state index in [2.05, 4.69) is 25.2 Å². The Balaban J connectivity index is 1.94. The molecule has 1 amide bonds. The van der Waals surface area contributed by atoms with E-state index < -0.39 is 0 Å². The van der Waals surface area contributed by atoms with Gasteiger partial charge in [0.25, 0.3) is 0 Å². The fourth-order valence-electron chi connectivity index (χ4n) is 2.78. The van der Waals surface area contributed by atoms with Crippen molar-refractivity contribution in [1.82, 2.24) is 4.90 Å². The lowest BCUT2D eigenvalue weighted by atomic mass is 9.98. The second-order valence-corrected chi connectivity index (χ2v) is 6.84. The van der Waals surface area contributed by atoms with Crippen molar-refractivity contribution in [2.75, 3.05) is 25.5 Å². The number of anilines is 1. The van der Waals surface area contributed by atoms with Gasteiger partial charge in [0.1, 0.15) is 0 Å². The van der Waals surface area contributed by atoms with Crippen molar-refractivity contribution >= 4 is 11.6 Å². The average Bonchev–Trinajstić information content (AvgIpc) is 3.24. The molecule has 0 saturated heterocycles. The minimum atomic E-state index is -0.303. The molecule has 0 spiro atoms. The summed E-state index contributed by atoms with van der Waals surface area (Å²) in [4.78, 5) is 14.2. The summed E-state index contributed by atoms with van der Waals surface area (Å²) >= 11 is 0. The van der Waals surface area contributed by atoms with Gasteiger partial charge in [0.2, 0.25) is 5.91 Å². The highest BCUT2D eigenvalue weighted by Crippen LogP contribution is 2.32. The number of para-hydroxylation sites is 1. The number of benzene rings is 1. The molecule has 0 heterocycles. The summed E-state index contributed by atoms with van der Waals surface area (Å²) in [6, 6.07) is 6.11. The largest absolute Gasteiger partial charge is 0.392 e. The maximum Gasteiger partial charge on any atom is 0.238 e. The van der Waals surface area contributed by atoms with Crippen molar-refractivity contribution in [3.8, 4) is 0 Å². The monoisotopic (exact) mass is 304 g/mol. The molecule has 22 heavy (non-hydrogen) atoms. The first-order valence-corrected chi connectivity index (χ1v) is 8.14. The number of carbonyl (C=O) groups excluding carboxylic acids is 1. The van der Waals surface area contributed by atoms with Crippen LogP contribution in [0.3, 0.4) is 0 Å². The molecule has 2 N–H and O–H groups in total. The third-order valence-electron chi connectivity index (χ3n) is 4.27. The summed E-state index contributed by atoms with van der Waals surface area (Å²) in [5, 5.41) is 13.0. The Labute approximate surface area is 133 Å². The molecule has 1 aromatic rings. The van der Waals surface area contributed by atoms with Crippen LogP contribution >= 0.6 is 0 Å². The first-order chi connectivity index (χ1) is 10.4. The second-order valence-electron chi connectivity index (χ2n) is 6.84. The van der Waals surface area contributed by atoms with E-state index in [9.17, 15) is 9.90 Å². The molecule has 1 atom stereocenters. The number of nitrogens with zero attached hydrogens (tertiary/aromatic N) is 1. The second kappa shape index (κ2) is 7.25. The van der Waals surface area contributed by atoms with E-state index in [1.807, 2.05) is 31.0 Å². The minimum absolute atomic E-state index is 0.0262. The lowest BCUT2D eigenvalue weighted by molar-refractivity contribution is -0.117. The van der Waals surface area contributed by atoms with E-state index in [1.54, 1.807) is 0 Å². The normalized spacial score (nSPS) is 16.1. The van der Waals surface area contributed by atoms with Crippen molar-refractivity contribution < 1.29 is 9.90 Å². The van der Waals surface area contributed by atoms with E-state index in [4.69, 9.17) is 0 Å². The number of carbonyl (C=O) groups is 1. The van der Waals surface area contributed by atoms with E-state index in [-0.39, 0.29) is 12.0 Å². The predicted octanol–water partition coefficient (Wildman–Crippen LogP) is 2.76. The van der Waals surface area contributed by atoms with Crippen LogP contribution < -0.4 is 5.32 Å². The third-order valence-corrected chi connectivity index (χ3v) is 4.27. The Morgan fingerprint density at radius 3 is 2.68 bits per heavy atom. The first-order valence-electron chi connectivity index (χ1n) is 8.14. The zero-order valence-electron chi connectivity index (χ0n) is 14.1. The number of aliphatic hydroxyl groups excluding tert-OH is 1. The van der Waals surface area contributed by atoms with Gasteiger partial charge >= 0.3 is 0 Å². The summed E-state index contributed by atoms with van der Waals surface area (Å²) in [6.07, 6.45) is 1.92. The summed E-state index contributed by atoms with van der Waals surface area (Å²) in [7, 11) is 1.88. The van der Waals surface area contributed by atoms with Crippen molar-refractivity contribution in [2.24, 2.45) is 5.92 Å². The van der Waals surface area contributed by atoms with Crippen molar-refractivity contribution in [3.63, 3.8) is 0 Å². The van der Waals surface area contributed by atoms with Crippen LogP contribution in [0.25, 0.3) is 0 Å². The van der Waals surface area contributed by atoms with Gasteiger partial charge in [0.05, 0.1) is 12.6 Å². The summed E-state index contributed by atoms with van der Waals surface area (Å²) in [5.74, 6) is 0.778. The zero-order valence-corrected chi connectivity index (χ0v) is 14.1. The lowest BCUT2D eigenvalue weighted by Crippen LogP contribution is -2.36. The molecule has 2 rings (SSSR count). The van der Waals surface area contributed by atoms with Crippen LogP contribution in [-0.4, -0.2) is 42.2 Å². The van der Waals surface area contributed by atoms with E-state index in [0.29, 0.717) is 24.9 Å². The highest BCUT2D eigenvalue weighted by Gasteiger charge is 2.30. The molecule has 4 heteroatoms. The molecular weight excluding hydrogens is 276 g/mol. The maximum atomic E-state index is 12.3. The van der Waals surface area contributed by atoms with E-state index in [1.165, 1.54) is 0 Å². The molecule has 0 aromatic heterocycles. The molecule has 0 aliphatic heterocycles. The summed E-state index contributed by atoms with van der Waals surface area (Å²) < 4.78 is 0. The maximum absolute atomic E-state index is 12.3. The zero-order chi connectivity index (χ0) is 16.3. The van der Waals surface area contributed by atoms with Gasteiger partial charge in [-0.3, -0.25) is 9.69 Å². The van der Waals surface area contributed by atoms with Gasteiger partial charge < -0.3 is 10.4 Å². The lowest BCUT2D eigenvalue weighted by Gasteiger charge is -2.21. The van der Waals surface area contributed by atoms with Crippen LogP contribution in [0.4, 0.5) is 5.69 Å². The SMILES string of the molecule is Cc1cccc(C(C)C)c1NC(=O)CN(C)CC(O)C1CC1. The highest BCUT2D eigenvalue weighted by atomic mass is 16.3. The molecule has 1 saturated carbocycles. The van der Waals surface area contributed by atoms with Crippen LogP contribution in [-0.2, 0) is 4.79 Å². The van der Waals surface area contributed by atoms with Gasteiger partial charge in [-0.25, -0.2) is 0 Å². The number of aryl methyl sites for hydroxylation is 1. The number of rotatable bonds is 7. The number of hydrogen-bond donors (Lipinski definition) is 2. The highest BCUT2D eigenvalue weighted by molar-refractivity contribution is 5.93. The van der Waals surface area contributed by atoms with Crippen LogP contribution in [0.2, 0.25) is 0 Å². The predicted molar refractivity (Wildman–Crippen MR) is 90.1 cm³/mol. The van der Waals surface area contributed by atoms with Gasteiger partial charge in [0.15, 0.2) is 0 Å². The Kier molecular flexibility index (Phi) is 5.59. The Morgan fingerprint density at radius 2 is 2.09 bits per heavy atom. The molecule has 1 fully saturated rings. The Morgan fingerprint density at radius 1 is 1.41 bits per heavy atom. The molecule has 1 aliphatic carbocycles. The van der Waals surface area contributed by atoms with Crippen LogP contribution in [0.15, 0.2) is 18.2 Å². The topological polar surface area (TPSA) is 52.6 Å². The Hall–Kier alpha value is -1.39. The number of amides is 1. The molecule has 4 nitrogen and oxygen atoms in total. The molecule has 1 aliphatic rings. The van der Waals surface area contributed by atoms with Gasteiger partial charge in [-0.1, -0.05) is 32.0 Å². The number of likely N-dealkylation sites (N-methyl/N-ethyl adjacent to an activating group) is 1. The number of aliphatic hydroxyl groups is 1. The van der Waals surface area contributed by atoms with Gasteiger partial charge in [0, 0.05) is 12.2 Å². The molecule has 0 bridgehead atoms. The fourth-order valence-corrected chi connectivity index (χ4v) is 2.78. The smallest absolute Gasteiger partial charge is 0.238 e. The van der Waals surface area contributed by atoms with Crippen LogP contribution in [0.5, 0.6) is 0 Å². The number of hydrogen-bond acceptors (Lipinski definition) is 3. The van der Waals surface area contributed by atoms with Crippen molar-refractivity contribution in [1.29, 1.82) is 0 Å². The quantitative estimate of drug-likeness (QED) is 0.814.